The third-order valence-corrected chi connectivity index (χ3v) is 5.13. The second-order valence-electron chi connectivity index (χ2n) is 7.16. The Hall–Kier alpha value is -3.50. The van der Waals surface area contributed by atoms with Gasteiger partial charge in [-0.15, -0.1) is 0 Å². The van der Waals surface area contributed by atoms with Crippen LogP contribution in [-0.2, 0) is 4.74 Å². The van der Waals surface area contributed by atoms with Gasteiger partial charge in [-0.25, -0.2) is 0 Å². The monoisotopic (exact) mass is 398 g/mol. The van der Waals surface area contributed by atoms with Crippen LogP contribution in [0.1, 0.15) is 6.42 Å². The summed E-state index contributed by atoms with van der Waals surface area (Å²) >= 11 is 0. The number of hydrogen-bond donors (Lipinski definition) is 2. The van der Waals surface area contributed by atoms with Gasteiger partial charge in [0.15, 0.2) is 0 Å². The van der Waals surface area contributed by atoms with E-state index >= 15 is 0 Å². The van der Waals surface area contributed by atoms with Crippen molar-refractivity contribution in [1.82, 2.24) is 0 Å². The Morgan fingerprint density at radius 1 is 0.700 bits per heavy atom. The number of anilines is 3. The molecule has 0 aromatic heterocycles. The van der Waals surface area contributed by atoms with Crippen LogP contribution in [0.4, 0.5) is 17.1 Å². The molecule has 0 heterocycles. The molecular formula is C26H26N2O2. The van der Waals surface area contributed by atoms with Gasteiger partial charge >= 0.3 is 0 Å². The van der Waals surface area contributed by atoms with Crippen molar-refractivity contribution in [3.05, 3.63) is 96.7 Å². The Morgan fingerprint density at radius 2 is 1.23 bits per heavy atom. The molecule has 4 nitrogen and oxygen atoms in total. The molecule has 1 aliphatic carbocycles. The minimum absolute atomic E-state index is 0.181. The number of rotatable bonds is 7. The standard InChI is InChI=1S/C26H26N2O2/c1-29-25-15-11-23(12-16-25)27-21-7-3-19(4-8-21)20-5-9-22(10-6-20)28-24-13-17-26(30-2)18-14-24/h3-17,26-28H,18H2,1-2H3. The van der Waals surface area contributed by atoms with Crippen LogP contribution in [0.5, 0.6) is 5.75 Å². The summed E-state index contributed by atoms with van der Waals surface area (Å²) in [4.78, 5) is 0. The lowest BCUT2D eigenvalue weighted by molar-refractivity contribution is 0.142. The third kappa shape index (κ3) is 4.91. The number of hydrogen-bond acceptors (Lipinski definition) is 4. The number of nitrogens with one attached hydrogen (secondary N) is 2. The average Bonchev–Trinajstić information content (AvgIpc) is 2.81. The minimum Gasteiger partial charge on any atom is -0.497 e. The lowest BCUT2D eigenvalue weighted by Gasteiger charge is -2.16. The highest BCUT2D eigenvalue weighted by atomic mass is 16.5. The van der Waals surface area contributed by atoms with Crippen molar-refractivity contribution in [2.24, 2.45) is 0 Å². The van der Waals surface area contributed by atoms with Gasteiger partial charge < -0.3 is 20.1 Å². The van der Waals surface area contributed by atoms with Gasteiger partial charge in [-0.05, 0) is 72.2 Å². The summed E-state index contributed by atoms with van der Waals surface area (Å²) in [6, 6.07) is 24.8. The van der Waals surface area contributed by atoms with E-state index in [1.165, 1.54) is 11.1 Å². The fourth-order valence-electron chi connectivity index (χ4n) is 3.37. The Balaban J connectivity index is 1.38. The Kier molecular flexibility index (Phi) is 6.16. The van der Waals surface area contributed by atoms with Crippen LogP contribution in [-0.4, -0.2) is 20.3 Å². The van der Waals surface area contributed by atoms with Gasteiger partial charge in [-0.3, -0.25) is 0 Å². The highest BCUT2D eigenvalue weighted by molar-refractivity contribution is 5.70. The minimum atomic E-state index is 0.181. The molecule has 0 amide bonds. The second kappa shape index (κ2) is 9.33. The van der Waals surface area contributed by atoms with Crippen molar-refractivity contribution in [3.63, 3.8) is 0 Å². The fourth-order valence-corrected chi connectivity index (χ4v) is 3.37. The van der Waals surface area contributed by atoms with E-state index in [9.17, 15) is 0 Å². The molecule has 0 radical (unpaired) electrons. The predicted octanol–water partition coefficient (Wildman–Crippen LogP) is 6.38. The van der Waals surface area contributed by atoms with Crippen molar-refractivity contribution < 1.29 is 9.47 Å². The van der Waals surface area contributed by atoms with Crippen LogP contribution in [0.2, 0.25) is 0 Å². The van der Waals surface area contributed by atoms with Gasteiger partial charge in [0.05, 0.1) is 13.2 Å². The summed E-state index contributed by atoms with van der Waals surface area (Å²) in [7, 11) is 3.41. The highest BCUT2D eigenvalue weighted by Crippen LogP contribution is 2.26. The van der Waals surface area contributed by atoms with Gasteiger partial charge in [-0.2, -0.15) is 0 Å². The maximum atomic E-state index is 5.34. The van der Waals surface area contributed by atoms with E-state index in [0.717, 1.165) is 34.9 Å². The Labute approximate surface area is 177 Å². The van der Waals surface area contributed by atoms with Crippen LogP contribution in [0, 0.1) is 0 Å². The molecule has 0 spiro atoms. The summed E-state index contributed by atoms with van der Waals surface area (Å²) in [5.74, 6) is 0.851. The quantitative estimate of drug-likeness (QED) is 0.485. The first kappa shape index (κ1) is 19.8. The van der Waals surface area contributed by atoms with E-state index in [2.05, 4.69) is 77.4 Å². The first-order valence-electron chi connectivity index (χ1n) is 10.0. The zero-order valence-corrected chi connectivity index (χ0v) is 17.3. The molecule has 0 saturated heterocycles. The molecule has 1 atom stereocenters. The van der Waals surface area contributed by atoms with Gasteiger partial charge in [0.25, 0.3) is 0 Å². The van der Waals surface area contributed by atoms with E-state index in [0.29, 0.717) is 0 Å². The second-order valence-corrected chi connectivity index (χ2v) is 7.16. The summed E-state index contributed by atoms with van der Waals surface area (Å²) in [6.45, 7) is 0. The van der Waals surface area contributed by atoms with Crippen molar-refractivity contribution in [2.75, 3.05) is 24.9 Å². The number of benzene rings is 3. The third-order valence-electron chi connectivity index (χ3n) is 5.13. The summed E-state index contributed by atoms with van der Waals surface area (Å²) < 4.78 is 10.5. The highest BCUT2D eigenvalue weighted by Gasteiger charge is 2.07. The molecule has 0 bridgehead atoms. The molecule has 1 aliphatic rings. The number of methoxy groups -OCH3 is 2. The van der Waals surface area contributed by atoms with Crippen LogP contribution < -0.4 is 15.4 Å². The number of ether oxygens (including phenoxy) is 2. The first-order valence-corrected chi connectivity index (χ1v) is 10.0. The molecule has 152 valence electrons. The molecule has 30 heavy (non-hydrogen) atoms. The van der Waals surface area contributed by atoms with Gasteiger partial charge in [-0.1, -0.05) is 36.4 Å². The molecule has 4 rings (SSSR count). The van der Waals surface area contributed by atoms with Crippen LogP contribution in [0.3, 0.4) is 0 Å². The zero-order chi connectivity index (χ0) is 20.8. The van der Waals surface area contributed by atoms with Gasteiger partial charge in [0, 0.05) is 29.9 Å². The van der Waals surface area contributed by atoms with E-state index < -0.39 is 0 Å². The Bertz CT molecular complexity index is 1020. The lowest BCUT2D eigenvalue weighted by Crippen LogP contribution is -2.11. The normalized spacial score (nSPS) is 15.4. The van der Waals surface area contributed by atoms with Crippen molar-refractivity contribution >= 4 is 17.1 Å². The van der Waals surface area contributed by atoms with Crippen molar-refractivity contribution in [2.45, 2.75) is 12.5 Å². The van der Waals surface area contributed by atoms with Crippen LogP contribution in [0.15, 0.2) is 96.7 Å². The first-order chi connectivity index (χ1) is 14.7. The largest absolute Gasteiger partial charge is 0.497 e. The molecule has 0 fully saturated rings. The summed E-state index contributed by atoms with van der Waals surface area (Å²) in [5, 5.41) is 6.86. The van der Waals surface area contributed by atoms with Crippen LogP contribution in [0.25, 0.3) is 11.1 Å². The molecule has 1 unspecified atom stereocenters. The van der Waals surface area contributed by atoms with Gasteiger partial charge in [0.1, 0.15) is 5.75 Å². The molecule has 3 aromatic rings. The molecule has 0 saturated carbocycles. The van der Waals surface area contributed by atoms with E-state index in [1.54, 1.807) is 14.2 Å². The molecule has 2 N–H and O–H groups in total. The zero-order valence-electron chi connectivity index (χ0n) is 17.3. The summed E-state index contributed by atoms with van der Waals surface area (Å²) in [5.41, 5.74) is 6.62. The number of allylic oxidation sites excluding steroid dienone is 1. The molecule has 3 aromatic carbocycles. The van der Waals surface area contributed by atoms with Crippen molar-refractivity contribution in [1.29, 1.82) is 0 Å². The topological polar surface area (TPSA) is 42.5 Å². The molecular weight excluding hydrogens is 372 g/mol. The fraction of sp³-hybridized carbons (Fsp3) is 0.154. The van der Waals surface area contributed by atoms with Crippen molar-refractivity contribution in [3.8, 4) is 16.9 Å². The maximum absolute atomic E-state index is 5.34. The SMILES string of the molecule is COc1ccc(Nc2ccc(-c3ccc(NC4=CCC(OC)C=C4)cc3)cc2)cc1. The predicted molar refractivity (Wildman–Crippen MR) is 124 cm³/mol. The van der Waals surface area contributed by atoms with E-state index in [4.69, 9.17) is 9.47 Å². The average molecular weight is 399 g/mol. The van der Waals surface area contributed by atoms with Crippen LogP contribution >= 0.6 is 0 Å². The molecule has 0 aliphatic heterocycles. The van der Waals surface area contributed by atoms with E-state index in [-0.39, 0.29) is 6.10 Å². The smallest absolute Gasteiger partial charge is 0.119 e. The summed E-state index contributed by atoms with van der Waals surface area (Å²) in [6.07, 6.45) is 7.39. The molecule has 4 heteroatoms. The van der Waals surface area contributed by atoms with E-state index in [1.807, 2.05) is 24.3 Å². The Morgan fingerprint density at radius 3 is 1.70 bits per heavy atom. The van der Waals surface area contributed by atoms with Gasteiger partial charge in [0.2, 0.25) is 0 Å². The lowest BCUT2D eigenvalue weighted by atomic mass is 10.0. The maximum Gasteiger partial charge on any atom is 0.119 e.